The van der Waals surface area contributed by atoms with Crippen molar-refractivity contribution in [1.29, 1.82) is 0 Å². The van der Waals surface area contributed by atoms with E-state index in [-0.39, 0.29) is 0 Å². The van der Waals surface area contributed by atoms with Crippen LogP contribution >= 0.6 is 0 Å². The lowest BCUT2D eigenvalue weighted by Gasteiger charge is -2.26. The minimum atomic E-state index is 0.878. The van der Waals surface area contributed by atoms with E-state index in [1.807, 2.05) is 24.3 Å². The molecule has 49 heavy (non-hydrogen) atoms. The molecule has 230 valence electrons. The molecule has 0 saturated carbocycles. The van der Waals surface area contributed by atoms with Gasteiger partial charge in [0.1, 0.15) is 22.3 Å². The second-order valence-corrected chi connectivity index (χ2v) is 12.6. The van der Waals surface area contributed by atoms with E-state index in [1.54, 1.807) is 0 Å². The first-order chi connectivity index (χ1) is 24.2. The quantitative estimate of drug-likeness (QED) is 0.190. The Morgan fingerprint density at radius 2 is 0.776 bits per heavy atom. The summed E-state index contributed by atoms with van der Waals surface area (Å²) in [6, 6.07) is 62.3. The molecule has 0 atom stereocenters. The third-order valence-corrected chi connectivity index (χ3v) is 9.64. The highest BCUT2D eigenvalue weighted by Crippen LogP contribution is 2.41. The molecule has 0 aliphatic carbocycles. The van der Waals surface area contributed by atoms with Gasteiger partial charge >= 0.3 is 0 Å². The Morgan fingerprint density at radius 1 is 0.286 bits per heavy atom. The van der Waals surface area contributed by atoms with Crippen LogP contribution in [0.2, 0.25) is 0 Å². The molecule has 0 unspecified atom stereocenters. The van der Waals surface area contributed by atoms with E-state index in [4.69, 9.17) is 8.83 Å². The number of anilines is 3. The minimum absolute atomic E-state index is 0.878. The Morgan fingerprint density at radius 3 is 1.43 bits per heavy atom. The Labute approximate surface area is 282 Å². The van der Waals surface area contributed by atoms with Crippen molar-refractivity contribution in [3.63, 3.8) is 0 Å². The fourth-order valence-electron chi connectivity index (χ4n) is 7.20. The molecule has 0 aliphatic rings. The minimum Gasteiger partial charge on any atom is -0.456 e. The molecule has 10 aromatic rings. The fraction of sp³-hybridized carbons (Fsp3) is 0. The van der Waals surface area contributed by atoms with Crippen molar-refractivity contribution in [3.8, 4) is 22.3 Å². The zero-order chi connectivity index (χ0) is 32.3. The number of nitrogens with zero attached hydrogens (tertiary/aromatic N) is 1. The molecule has 0 radical (unpaired) electrons. The largest absolute Gasteiger partial charge is 0.456 e. The second kappa shape index (κ2) is 11.0. The molecule has 0 amide bonds. The van der Waals surface area contributed by atoms with Crippen LogP contribution in [0.4, 0.5) is 17.1 Å². The van der Waals surface area contributed by atoms with Gasteiger partial charge in [0.05, 0.1) is 0 Å². The van der Waals surface area contributed by atoms with Crippen molar-refractivity contribution in [3.05, 3.63) is 176 Å². The Balaban J connectivity index is 1.09. The van der Waals surface area contributed by atoms with Crippen LogP contribution in [0.3, 0.4) is 0 Å². The van der Waals surface area contributed by atoms with Gasteiger partial charge in [-0.3, -0.25) is 0 Å². The van der Waals surface area contributed by atoms with Crippen LogP contribution in [0.5, 0.6) is 0 Å². The summed E-state index contributed by atoms with van der Waals surface area (Å²) in [4.78, 5) is 2.32. The number of fused-ring (bicyclic) bond motifs is 7. The highest BCUT2D eigenvalue weighted by molar-refractivity contribution is 6.08. The van der Waals surface area contributed by atoms with Gasteiger partial charge in [-0.2, -0.15) is 0 Å². The van der Waals surface area contributed by atoms with Gasteiger partial charge in [-0.05, 0) is 106 Å². The van der Waals surface area contributed by atoms with E-state index >= 15 is 0 Å². The molecule has 0 fully saturated rings. The van der Waals surface area contributed by atoms with Crippen LogP contribution in [-0.4, -0.2) is 0 Å². The summed E-state index contributed by atoms with van der Waals surface area (Å²) in [6.45, 7) is 0. The average molecular weight is 628 g/mol. The number of benzene rings is 8. The second-order valence-electron chi connectivity index (χ2n) is 12.6. The molecule has 0 aliphatic heterocycles. The summed E-state index contributed by atoms with van der Waals surface area (Å²) >= 11 is 0. The molecule has 0 saturated heterocycles. The topological polar surface area (TPSA) is 29.5 Å². The lowest BCUT2D eigenvalue weighted by Crippen LogP contribution is -2.09. The van der Waals surface area contributed by atoms with Crippen LogP contribution in [-0.2, 0) is 0 Å². The van der Waals surface area contributed by atoms with Gasteiger partial charge in [0.25, 0.3) is 0 Å². The third kappa shape index (κ3) is 4.67. The normalized spacial score (nSPS) is 11.7. The van der Waals surface area contributed by atoms with Gasteiger partial charge in [-0.25, -0.2) is 0 Å². The maximum Gasteiger partial charge on any atom is 0.135 e. The standard InChI is InChI=1S/C46H29NO2/c1-2-9-32-27-35(17-16-30(32)8-1)34-11-7-10-33(26-34)31-18-20-36(21-19-31)47(37-22-24-45-41(28-37)39-12-3-5-14-43(39)48-45)38-23-25-46-42(29-38)40-13-4-6-15-44(40)49-46/h1-29H. The zero-order valence-corrected chi connectivity index (χ0v) is 26.5. The Bertz CT molecular complexity index is 2730. The SMILES string of the molecule is c1cc(-c2ccc(N(c3ccc4oc5ccccc5c4c3)c3ccc4oc5ccccc5c4c3)cc2)cc(-c2ccc3ccccc3c2)c1. The van der Waals surface area contributed by atoms with E-state index in [9.17, 15) is 0 Å². The number of furan rings is 2. The maximum atomic E-state index is 6.19. The van der Waals surface area contributed by atoms with Crippen LogP contribution in [0.1, 0.15) is 0 Å². The summed E-state index contributed by atoms with van der Waals surface area (Å²) in [5.74, 6) is 0. The van der Waals surface area contributed by atoms with Gasteiger partial charge in [0.15, 0.2) is 0 Å². The highest BCUT2D eigenvalue weighted by atomic mass is 16.3. The van der Waals surface area contributed by atoms with E-state index in [0.717, 1.165) is 60.9 Å². The van der Waals surface area contributed by atoms with Crippen molar-refractivity contribution in [2.75, 3.05) is 4.90 Å². The molecule has 10 rings (SSSR count). The average Bonchev–Trinajstić information content (AvgIpc) is 3.73. The molecule has 3 nitrogen and oxygen atoms in total. The molecular weight excluding hydrogens is 599 g/mol. The first-order valence-corrected chi connectivity index (χ1v) is 16.6. The van der Waals surface area contributed by atoms with Gasteiger partial charge in [-0.1, -0.05) is 103 Å². The van der Waals surface area contributed by atoms with Crippen LogP contribution in [0.15, 0.2) is 185 Å². The third-order valence-electron chi connectivity index (χ3n) is 9.64. The molecule has 0 N–H and O–H groups in total. The predicted octanol–water partition coefficient (Wildman–Crippen LogP) is 13.4. The zero-order valence-electron chi connectivity index (χ0n) is 26.5. The summed E-state index contributed by atoms with van der Waals surface area (Å²) in [5, 5.41) is 6.90. The van der Waals surface area contributed by atoms with Crippen molar-refractivity contribution < 1.29 is 8.83 Å². The predicted molar refractivity (Wildman–Crippen MR) is 204 cm³/mol. The number of hydrogen-bond donors (Lipinski definition) is 0. The lowest BCUT2D eigenvalue weighted by atomic mass is 9.97. The van der Waals surface area contributed by atoms with Crippen LogP contribution in [0, 0.1) is 0 Å². The van der Waals surface area contributed by atoms with Gasteiger partial charge in [0.2, 0.25) is 0 Å². The van der Waals surface area contributed by atoms with E-state index < -0.39 is 0 Å². The first-order valence-electron chi connectivity index (χ1n) is 16.6. The van der Waals surface area contributed by atoms with Gasteiger partial charge in [0, 0.05) is 38.6 Å². The van der Waals surface area contributed by atoms with E-state index in [0.29, 0.717) is 0 Å². The molecule has 0 spiro atoms. The summed E-state index contributed by atoms with van der Waals surface area (Å²) in [5.41, 5.74) is 11.5. The van der Waals surface area contributed by atoms with E-state index in [2.05, 4.69) is 157 Å². The number of para-hydroxylation sites is 2. The smallest absolute Gasteiger partial charge is 0.135 e. The Kier molecular flexibility index (Phi) is 6.18. The van der Waals surface area contributed by atoms with Crippen molar-refractivity contribution in [1.82, 2.24) is 0 Å². The first kappa shape index (κ1) is 27.5. The van der Waals surface area contributed by atoms with Gasteiger partial charge < -0.3 is 13.7 Å². The summed E-state index contributed by atoms with van der Waals surface area (Å²) in [7, 11) is 0. The van der Waals surface area contributed by atoms with Gasteiger partial charge in [-0.15, -0.1) is 0 Å². The molecule has 2 aromatic heterocycles. The lowest BCUT2D eigenvalue weighted by molar-refractivity contribution is 0.668. The van der Waals surface area contributed by atoms with Crippen LogP contribution in [0.25, 0.3) is 76.9 Å². The molecule has 2 heterocycles. The van der Waals surface area contributed by atoms with Crippen molar-refractivity contribution >= 4 is 71.7 Å². The number of hydrogen-bond acceptors (Lipinski definition) is 3. The molecule has 0 bridgehead atoms. The highest BCUT2D eigenvalue weighted by Gasteiger charge is 2.18. The maximum absolute atomic E-state index is 6.19. The van der Waals surface area contributed by atoms with Crippen LogP contribution < -0.4 is 4.90 Å². The van der Waals surface area contributed by atoms with Crippen molar-refractivity contribution in [2.24, 2.45) is 0 Å². The molecule has 8 aromatic carbocycles. The van der Waals surface area contributed by atoms with Crippen molar-refractivity contribution in [2.45, 2.75) is 0 Å². The van der Waals surface area contributed by atoms with E-state index in [1.165, 1.54) is 33.0 Å². The number of rotatable bonds is 5. The molecule has 3 heteroatoms. The summed E-state index contributed by atoms with van der Waals surface area (Å²) in [6.07, 6.45) is 0. The Hall–Kier alpha value is -6.58. The summed E-state index contributed by atoms with van der Waals surface area (Å²) < 4.78 is 12.4. The fourth-order valence-corrected chi connectivity index (χ4v) is 7.20. The molecular formula is C46H29NO2. The monoisotopic (exact) mass is 627 g/mol.